The van der Waals surface area contributed by atoms with Crippen LogP contribution >= 0.6 is 7.11 Å². The first-order valence-corrected chi connectivity index (χ1v) is 5.95. The highest BCUT2D eigenvalue weighted by molar-refractivity contribution is 7.67. The molecular weight excluding hydrogens is 161 g/mol. The van der Waals surface area contributed by atoms with Crippen LogP contribution < -0.4 is 5.73 Å². The maximum Gasteiger partial charge on any atom is 0.102 e. The van der Waals surface area contributed by atoms with Crippen molar-refractivity contribution in [3.63, 3.8) is 0 Å². The fourth-order valence-corrected chi connectivity index (χ4v) is 1.42. The zero-order chi connectivity index (χ0) is 9.07. The Hall–Kier alpha value is -0.240. The predicted molar refractivity (Wildman–Crippen MR) is 51.4 cm³/mol. The van der Waals surface area contributed by atoms with Gasteiger partial charge in [-0.25, -0.2) is 0 Å². The molecule has 4 heteroatoms. The van der Waals surface area contributed by atoms with Gasteiger partial charge in [0.05, 0.1) is 6.04 Å². The van der Waals surface area contributed by atoms with Crippen LogP contribution in [0.1, 0.15) is 6.42 Å². The molecule has 2 unspecified atom stereocenters. The molecular formula is C7H16NO2P. The summed E-state index contributed by atoms with van der Waals surface area (Å²) in [7, 11) is -1.99. The first-order chi connectivity index (χ1) is 4.83. The normalized spacial score (nSPS) is 18.8. The second-order valence-electron chi connectivity index (χ2n) is 2.95. The number of hydrogen-bond acceptors (Lipinski definition) is 3. The lowest BCUT2D eigenvalue weighted by Gasteiger charge is -2.14. The van der Waals surface area contributed by atoms with Crippen LogP contribution in [0.4, 0.5) is 0 Å². The van der Waals surface area contributed by atoms with Crippen LogP contribution in [0.3, 0.4) is 0 Å². The molecule has 0 saturated carbocycles. The minimum absolute atomic E-state index is 0.0292. The van der Waals surface area contributed by atoms with E-state index < -0.39 is 13.2 Å². The van der Waals surface area contributed by atoms with Gasteiger partial charge in [-0.05, 0) is 26.4 Å². The van der Waals surface area contributed by atoms with Gasteiger partial charge in [-0.3, -0.25) is 0 Å². The third-order valence-electron chi connectivity index (χ3n) is 1.35. The van der Waals surface area contributed by atoms with E-state index in [0.29, 0.717) is 12.6 Å². The molecule has 0 spiro atoms. The van der Waals surface area contributed by atoms with Gasteiger partial charge in [0.25, 0.3) is 0 Å². The smallest absolute Gasteiger partial charge is 0.102 e. The molecule has 0 amide bonds. The first-order valence-electron chi connectivity index (χ1n) is 3.39. The van der Waals surface area contributed by atoms with Gasteiger partial charge < -0.3 is 15.7 Å². The van der Waals surface area contributed by atoms with Crippen molar-refractivity contribution >= 4 is 13.4 Å². The van der Waals surface area contributed by atoms with Crippen LogP contribution in [0.2, 0.25) is 0 Å². The van der Waals surface area contributed by atoms with E-state index in [1.54, 1.807) is 6.66 Å². The van der Waals surface area contributed by atoms with Crippen molar-refractivity contribution in [3.8, 4) is 0 Å². The Balaban J connectivity index is 3.72. The molecule has 0 radical (unpaired) electrons. The van der Waals surface area contributed by atoms with Crippen molar-refractivity contribution in [2.24, 2.45) is 5.73 Å². The molecule has 0 aliphatic heterocycles. The maximum absolute atomic E-state index is 9.28. The molecule has 0 rings (SSSR count). The Morgan fingerprint density at radius 1 is 1.73 bits per heavy atom. The average Bonchev–Trinajstić information content (AvgIpc) is 1.80. The molecule has 0 bridgehead atoms. The SMILES string of the molecule is C=C(O)C(N)CCP(=C)(C)O. The molecule has 11 heavy (non-hydrogen) atoms. The van der Waals surface area contributed by atoms with Gasteiger partial charge in [0, 0.05) is 0 Å². The van der Waals surface area contributed by atoms with Crippen LogP contribution in [0.5, 0.6) is 0 Å². The van der Waals surface area contributed by atoms with Gasteiger partial charge in [0.2, 0.25) is 0 Å². The molecule has 0 saturated heterocycles. The van der Waals surface area contributed by atoms with E-state index in [-0.39, 0.29) is 5.76 Å². The number of rotatable bonds is 4. The molecule has 0 aliphatic rings. The second-order valence-corrected chi connectivity index (χ2v) is 6.07. The molecule has 66 valence electrons. The second kappa shape index (κ2) is 3.96. The zero-order valence-corrected chi connectivity index (χ0v) is 7.72. The van der Waals surface area contributed by atoms with Crippen molar-refractivity contribution in [2.45, 2.75) is 12.5 Å². The van der Waals surface area contributed by atoms with Gasteiger partial charge >= 0.3 is 0 Å². The fraction of sp³-hybridized carbons (Fsp3) is 0.571. The molecule has 2 atom stereocenters. The molecule has 0 aromatic heterocycles. The summed E-state index contributed by atoms with van der Waals surface area (Å²) in [6.07, 6.45) is 4.71. The van der Waals surface area contributed by atoms with Crippen LogP contribution in [-0.4, -0.2) is 35.2 Å². The number of aliphatic hydroxyl groups excluding tert-OH is 1. The van der Waals surface area contributed by atoms with E-state index >= 15 is 0 Å². The van der Waals surface area contributed by atoms with Crippen LogP contribution in [-0.2, 0) is 0 Å². The van der Waals surface area contributed by atoms with E-state index in [1.165, 1.54) is 0 Å². The summed E-state index contributed by atoms with van der Waals surface area (Å²) >= 11 is 0. The highest BCUT2D eigenvalue weighted by atomic mass is 31.2. The van der Waals surface area contributed by atoms with Crippen molar-refractivity contribution in [1.82, 2.24) is 0 Å². The largest absolute Gasteiger partial charge is 0.511 e. The van der Waals surface area contributed by atoms with Gasteiger partial charge in [0.15, 0.2) is 0 Å². The summed E-state index contributed by atoms with van der Waals surface area (Å²) in [6, 6.07) is -0.428. The summed E-state index contributed by atoms with van der Waals surface area (Å²) in [5.41, 5.74) is 5.45. The van der Waals surface area contributed by atoms with Crippen LogP contribution in [0.25, 0.3) is 0 Å². The monoisotopic (exact) mass is 177 g/mol. The highest BCUT2D eigenvalue weighted by Gasteiger charge is 2.08. The van der Waals surface area contributed by atoms with Gasteiger partial charge in [0.1, 0.15) is 5.76 Å². The Morgan fingerprint density at radius 3 is 2.45 bits per heavy atom. The molecule has 0 fully saturated rings. The number of nitrogens with two attached hydrogens (primary N) is 1. The van der Waals surface area contributed by atoms with Gasteiger partial charge in [-0.2, -0.15) is 0 Å². The van der Waals surface area contributed by atoms with Crippen LogP contribution in [0, 0.1) is 0 Å². The van der Waals surface area contributed by atoms with Crippen molar-refractivity contribution in [3.05, 3.63) is 12.3 Å². The van der Waals surface area contributed by atoms with E-state index in [0.717, 1.165) is 0 Å². The van der Waals surface area contributed by atoms with Crippen molar-refractivity contribution in [2.75, 3.05) is 12.8 Å². The van der Waals surface area contributed by atoms with Crippen molar-refractivity contribution in [1.29, 1.82) is 0 Å². The molecule has 0 aromatic carbocycles. The lowest BCUT2D eigenvalue weighted by Crippen LogP contribution is -2.23. The van der Waals surface area contributed by atoms with E-state index in [2.05, 4.69) is 12.9 Å². The van der Waals surface area contributed by atoms with E-state index in [9.17, 15) is 4.89 Å². The summed E-state index contributed by atoms with van der Waals surface area (Å²) < 4.78 is 0. The van der Waals surface area contributed by atoms with Crippen LogP contribution in [0.15, 0.2) is 12.3 Å². The Labute approximate surface area is 67.6 Å². The summed E-state index contributed by atoms with van der Waals surface area (Å²) in [5, 5.41) is 8.81. The minimum Gasteiger partial charge on any atom is -0.511 e. The summed E-state index contributed by atoms with van der Waals surface area (Å²) in [6.45, 7) is 5.00. The molecule has 0 aromatic rings. The summed E-state index contributed by atoms with van der Waals surface area (Å²) in [4.78, 5) is 9.28. The average molecular weight is 177 g/mol. The molecule has 0 heterocycles. The fourth-order valence-electron chi connectivity index (χ4n) is 0.584. The molecule has 3 nitrogen and oxygen atoms in total. The third kappa shape index (κ3) is 6.17. The summed E-state index contributed by atoms with van der Waals surface area (Å²) in [5.74, 6) is -0.0292. The van der Waals surface area contributed by atoms with E-state index in [4.69, 9.17) is 10.8 Å². The Kier molecular flexibility index (Phi) is 3.87. The lowest BCUT2D eigenvalue weighted by atomic mass is 10.2. The molecule has 4 N–H and O–H groups in total. The number of aliphatic hydroxyl groups is 1. The quantitative estimate of drug-likeness (QED) is 0.438. The Bertz CT molecular complexity index is 185. The Morgan fingerprint density at radius 2 is 2.18 bits per heavy atom. The predicted octanol–water partition coefficient (Wildman–Crippen LogP) is 0.762. The van der Waals surface area contributed by atoms with Gasteiger partial charge in [-0.1, -0.05) is 12.9 Å². The topological polar surface area (TPSA) is 66.5 Å². The molecule has 0 aliphatic carbocycles. The van der Waals surface area contributed by atoms with E-state index in [1.807, 2.05) is 0 Å². The minimum atomic E-state index is -1.99. The third-order valence-corrected chi connectivity index (χ3v) is 2.57. The van der Waals surface area contributed by atoms with Gasteiger partial charge in [-0.15, -0.1) is 0 Å². The number of hydrogen-bond donors (Lipinski definition) is 3. The lowest BCUT2D eigenvalue weighted by molar-refractivity contribution is 0.366. The zero-order valence-electron chi connectivity index (χ0n) is 6.82. The highest BCUT2D eigenvalue weighted by Crippen LogP contribution is 2.35. The standard InChI is InChI=1S/C7H16NO2P/c1-6(9)7(8)4-5-11(2,3)10/h7,9-10H,1-2,4-5,8H2,3H3. The first kappa shape index (κ1) is 10.8. The van der Waals surface area contributed by atoms with Crippen molar-refractivity contribution < 1.29 is 10.00 Å². The maximum atomic E-state index is 9.28.